The van der Waals surface area contributed by atoms with Crippen molar-refractivity contribution in [3.63, 3.8) is 0 Å². The number of para-hydroxylation sites is 1. The van der Waals surface area contributed by atoms with Crippen molar-refractivity contribution in [2.24, 2.45) is 0 Å². The number of carbonyl (C=O) groups excluding carboxylic acids is 1. The van der Waals surface area contributed by atoms with Gasteiger partial charge in [-0.1, -0.05) is 18.2 Å². The Hall–Kier alpha value is -1.59. The van der Waals surface area contributed by atoms with Crippen LogP contribution in [0.15, 0.2) is 24.3 Å². The number of hydrogen-bond donors (Lipinski definition) is 1. The number of ether oxygens (including phenoxy) is 2. The number of hydrogen-bond acceptors (Lipinski definition) is 3. The van der Waals surface area contributed by atoms with Crippen LogP contribution in [-0.2, 0) is 9.47 Å². The Morgan fingerprint density at radius 1 is 1.16 bits per heavy atom. The first-order chi connectivity index (χ1) is 9.19. The zero-order valence-corrected chi connectivity index (χ0v) is 11.8. The molecule has 5 nitrogen and oxygen atoms in total. The van der Waals surface area contributed by atoms with Crippen LogP contribution >= 0.6 is 0 Å². The van der Waals surface area contributed by atoms with E-state index in [1.807, 2.05) is 31.2 Å². The maximum atomic E-state index is 12.2. The number of methoxy groups -OCH3 is 2. The summed E-state index contributed by atoms with van der Waals surface area (Å²) in [7, 11) is 3.24. The highest BCUT2D eigenvalue weighted by Gasteiger charge is 2.13. The normalized spacial score (nSPS) is 10.3. The Kier molecular flexibility index (Phi) is 6.92. The van der Waals surface area contributed by atoms with Crippen molar-refractivity contribution in [3.05, 3.63) is 29.8 Å². The number of rotatable bonds is 7. The average Bonchev–Trinajstić information content (AvgIpc) is 2.41. The maximum absolute atomic E-state index is 12.2. The van der Waals surface area contributed by atoms with E-state index in [0.717, 1.165) is 11.3 Å². The molecule has 1 N–H and O–H groups in total. The van der Waals surface area contributed by atoms with Gasteiger partial charge in [-0.2, -0.15) is 0 Å². The SMILES string of the molecule is COCCN(CCOC)C(=O)Nc1ccccc1C. The quantitative estimate of drug-likeness (QED) is 0.822. The van der Waals surface area contributed by atoms with Gasteiger partial charge in [-0.05, 0) is 18.6 Å². The summed E-state index contributed by atoms with van der Waals surface area (Å²) in [5.41, 5.74) is 1.86. The lowest BCUT2D eigenvalue weighted by Gasteiger charge is -2.23. The number of anilines is 1. The molecule has 0 aliphatic heterocycles. The maximum Gasteiger partial charge on any atom is 0.322 e. The Balaban J connectivity index is 2.62. The van der Waals surface area contributed by atoms with Crippen molar-refractivity contribution in [2.45, 2.75) is 6.92 Å². The Labute approximate surface area is 114 Å². The van der Waals surface area contributed by atoms with Gasteiger partial charge in [0.05, 0.1) is 13.2 Å². The molecule has 0 heterocycles. The molecule has 106 valence electrons. The zero-order valence-electron chi connectivity index (χ0n) is 11.8. The van der Waals surface area contributed by atoms with E-state index in [9.17, 15) is 4.79 Å². The number of urea groups is 1. The summed E-state index contributed by atoms with van der Waals surface area (Å²) >= 11 is 0. The molecule has 5 heteroatoms. The highest BCUT2D eigenvalue weighted by molar-refractivity contribution is 5.90. The Morgan fingerprint density at radius 3 is 2.26 bits per heavy atom. The van der Waals surface area contributed by atoms with Crippen LogP contribution in [0.4, 0.5) is 10.5 Å². The van der Waals surface area contributed by atoms with Crippen molar-refractivity contribution >= 4 is 11.7 Å². The van der Waals surface area contributed by atoms with Gasteiger partial charge in [0.15, 0.2) is 0 Å². The van der Waals surface area contributed by atoms with E-state index in [1.54, 1.807) is 19.1 Å². The van der Waals surface area contributed by atoms with E-state index in [4.69, 9.17) is 9.47 Å². The van der Waals surface area contributed by atoms with Gasteiger partial charge >= 0.3 is 6.03 Å². The molecule has 2 amide bonds. The van der Waals surface area contributed by atoms with Crippen molar-refractivity contribution < 1.29 is 14.3 Å². The van der Waals surface area contributed by atoms with E-state index in [2.05, 4.69) is 5.32 Å². The minimum Gasteiger partial charge on any atom is -0.383 e. The third-order valence-corrected chi connectivity index (χ3v) is 2.80. The predicted molar refractivity (Wildman–Crippen MR) is 75.5 cm³/mol. The summed E-state index contributed by atoms with van der Waals surface area (Å²) in [5.74, 6) is 0. The van der Waals surface area contributed by atoms with Gasteiger partial charge in [0, 0.05) is 33.0 Å². The molecule has 0 spiro atoms. The fourth-order valence-electron chi connectivity index (χ4n) is 1.63. The number of nitrogens with zero attached hydrogens (tertiary/aromatic N) is 1. The van der Waals surface area contributed by atoms with E-state index in [-0.39, 0.29) is 6.03 Å². The van der Waals surface area contributed by atoms with E-state index in [1.165, 1.54) is 0 Å². The van der Waals surface area contributed by atoms with Crippen LogP contribution in [0, 0.1) is 6.92 Å². The van der Waals surface area contributed by atoms with Crippen LogP contribution in [-0.4, -0.2) is 51.5 Å². The molecule has 0 aliphatic carbocycles. The Morgan fingerprint density at radius 2 is 1.74 bits per heavy atom. The minimum absolute atomic E-state index is 0.136. The second-order valence-electron chi connectivity index (χ2n) is 4.22. The molecule has 0 fully saturated rings. The number of carbonyl (C=O) groups is 1. The number of amides is 2. The van der Waals surface area contributed by atoms with Gasteiger partial charge in [0.1, 0.15) is 0 Å². The molecule has 0 bridgehead atoms. The summed E-state index contributed by atoms with van der Waals surface area (Å²) in [6.45, 7) is 4.05. The summed E-state index contributed by atoms with van der Waals surface area (Å²) in [6.07, 6.45) is 0. The second-order valence-corrected chi connectivity index (χ2v) is 4.22. The molecule has 0 aliphatic rings. The monoisotopic (exact) mass is 266 g/mol. The van der Waals surface area contributed by atoms with Crippen LogP contribution in [0.25, 0.3) is 0 Å². The highest BCUT2D eigenvalue weighted by atomic mass is 16.5. The third kappa shape index (κ3) is 5.28. The lowest BCUT2D eigenvalue weighted by molar-refractivity contribution is 0.127. The lowest BCUT2D eigenvalue weighted by atomic mass is 10.2. The van der Waals surface area contributed by atoms with Crippen LogP contribution in [0.2, 0.25) is 0 Å². The van der Waals surface area contributed by atoms with Gasteiger partial charge in [0.25, 0.3) is 0 Å². The van der Waals surface area contributed by atoms with Gasteiger partial charge in [0.2, 0.25) is 0 Å². The zero-order chi connectivity index (χ0) is 14.1. The van der Waals surface area contributed by atoms with Crippen LogP contribution in [0.5, 0.6) is 0 Å². The number of nitrogens with one attached hydrogen (secondary N) is 1. The second kappa shape index (κ2) is 8.50. The van der Waals surface area contributed by atoms with Crippen LogP contribution in [0.3, 0.4) is 0 Å². The summed E-state index contributed by atoms with van der Waals surface area (Å²) < 4.78 is 10.0. The fourth-order valence-corrected chi connectivity index (χ4v) is 1.63. The largest absolute Gasteiger partial charge is 0.383 e. The van der Waals surface area contributed by atoms with E-state index >= 15 is 0 Å². The molecule has 0 aromatic heterocycles. The van der Waals surface area contributed by atoms with Crippen molar-refractivity contribution in [2.75, 3.05) is 45.8 Å². The molecule has 0 saturated carbocycles. The smallest absolute Gasteiger partial charge is 0.322 e. The van der Waals surface area contributed by atoms with Crippen molar-refractivity contribution in [3.8, 4) is 0 Å². The first kappa shape index (κ1) is 15.5. The van der Waals surface area contributed by atoms with Crippen molar-refractivity contribution in [1.29, 1.82) is 0 Å². The van der Waals surface area contributed by atoms with Gasteiger partial charge in [-0.15, -0.1) is 0 Å². The molecule has 1 rings (SSSR count). The molecule has 1 aromatic rings. The first-order valence-electron chi connectivity index (χ1n) is 6.28. The van der Waals surface area contributed by atoms with Crippen LogP contribution < -0.4 is 5.32 Å². The molecule has 0 radical (unpaired) electrons. The number of aryl methyl sites for hydroxylation is 1. The summed E-state index contributed by atoms with van der Waals surface area (Å²) in [5, 5.41) is 2.90. The minimum atomic E-state index is -0.136. The lowest BCUT2D eigenvalue weighted by Crippen LogP contribution is -2.39. The molecule has 0 unspecified atom stereocenters. The van der Waals surface area contributed by atoms with Gasteiger partial charge in [-0.25, -0.2) is 4.79 Å². The Bertz CT molecular complexity index is 388. The molecular weight excluding hydrogens is 244 g/mol. The topological polar surface area (TPSA) is 50.8 Å². The fraction of sp³-hybridized carbons (Fsp3) is 0.500. The molecule has 0 atom stereocenters. The first-order valence-corrected chi connectivity index (χ1v) is 6.28. The number of benzene rings is 1. The summed E-state index contributed by atoms with van der Waals surface area (Å²) in [6, 6.07) is 7.56. The van der Waals surface area contributed by atoms with E-state index < -0.39 is 0 Å². The van der Waals surface area contributed by atoms with Gasteiger partial charge in [-0.3, -0.25) is 0 Å². The molecular formula is C14H22N2O3. The van der Waals surface area contributed by atoms with Gasteiger partial charge < -0.3 is 19.7 Å². The van der Waals surface area contributed by atoms with Crippen LogP contribution in [0.1, 0.15) is 5.56 Å². The average molecular weight is 266 g/mol. The molecule has 19 heavy (non-hydrogen) atoms. The standard InChI is InChI=1S/C14H22N2O3/c1-12-6-4-5-7-13(12)15-14(17)16(8-10-18-2)9-11-19-3/h4-7H,8-11H2,1-3H3,(H,15,17). The predicted octanol–water partition coefficient (Wildman–Crippen LogP) is 2.12. The molecule has 1 aromatic carbocycles. The van der Waals surface area contributed by atoms with Crippen molar-refractivity contribution in [1.82, 2.24) is 4.90 Å². The summed E-state index contributed by atoms with van der Waals surface area (Å²) in [4.78, 5) is 13.9. The van der Waals surface area contributed by atoms with E-state index in [0.29, 0.717) is 26.3 Å². The highest BCUT2D eigenvalue weighted by Crippen LogP contribution is 2.13. The third-order valence-electron chi connectivity index (χ3n) is 2.80. The molecule has 0 saturated heterocycles.